The van der Waals surface area contributed by atoms with Gasteiger partial charge in [0.25, 0.3) is 0 Å². The summed E-state index contributed by atoms with van der Waals surface area (Å²) in [5.74, 6) is -0.436. The van der Waals surface area contributed by atoms with Gasteiger partial charge < -0.3 is 0 Å². The van der Waals surface area contributed by atoms with Crippen LogP contribution in [0.2, 0.25) is 0 Å². The fourth-order valence-electron chi connectivity index (χ4n) is 1.93. The van der Waals surface area contributed by atoms with E-state index < -0.39 is 15.8 Å². The number of pyridine rings is 1. The second kappa shape index (κ2) is 5.50. The zero-order chi connectivity index (χ0) is 13.2. The molecule has 0 amide bonds. The summed E-state index contributed by atoms with van der Waals surface area (Å²) in [4.78, 5) is 3.47. The minimum Gasteiger partial charge on any atom is -0.260 e. The molecule has 100 valence electrons. The minimum absolute atomic E-state index is 0.0167. The van der Waals surface area contributed by atoms with Crippen LogP contribution in [0, 0.1) is 5.82 Å². The molecule has 1 aliphatic carbocycles. The van der Waals surface area contributed by atoms with E-state index in [-0.39, 0.29) is 23.4 Å². The molecule has 1 heterocycles. The molecule has 0 aliphatic heterocycles. The SMILES string of the molecule is O=S(=O)(c1cncc(F)c1)N(CCCl)C1CCC1. The Morgan fingerprint density at radius 3 is 2.67 bits per heavy atom. The van der Waals surface area contributed by atoms with Crippen LogP contribution in [-0.4, -0.2) is 36.2 Å². The van der Waals surface area contributed by atoms with Crippen LogP contribution >= 0.6 is 11.6 Å². The van der Waals surface area contributed by atoms with Crippen molar-refractivity contribution in [1.82, 2.24) is 9.29 Å². The molecule has 0 radical (unpaired) electrons. The quantitative estimate of drug-likeness (QED) is 0.780. The minimum atomic E-state index is -3.70. The van der Waals surface area contributed by atoms with E-state index in [1.54, 1.807) is 0 Å². The van der Waals surface area contributed by atoms with Crippen molar-refractivity contribution in [3.63, 3.8) is 0 Å². The third kappa shape index (κ3) is 2.65. The van der Waals surface area contributed by atoms with Gasteiger partial charge in [-0.3, -0.25) is 4.98 Å². The lowest BCUT2D eigenvalue weighted by Gasteiger charge is -2.36. The molecule has 4 nitrogen and oxygen atoms in total. The van der Waals surface area contributed by atoms with E-state index in [9.17, 15) is 12.8 Å². The molecule has 0 aromatic carbocycles. The number of sulfonamides is 1. The van der Waals surface area contributed by atoms with E-state index >= 15 is 0 Å². The van der Waals surface area contributed by atoms with Crippen LogP contribution in [0.15, 0.2) is 23.4 Å². The van der Waals surface area contributed by atoms with Gasteiger partial charge in [0.1, 0.15) is 10.7 Å². The summed E-state index contributed by atoms with van der Waals surface area (Å²) in [7, 11) is -3.70. The Bertz CT molecular complexity index is 520. The van der Waals surface area contributed by atoms with Crippen molar-refractivity contribution < 1.29 is 12.8 Å². The van der Waals surface area contributed by atoms with Gasteiger partial charge in [0.2, 0.25) is 10.0 Å². The van der Waals surface area contributed by atoms with E-state index in [4.69, 9.17) is 11.6 Å². The Balaban J connectivity index is 2.32. The Morgan fingerprint density at radius 1 is 1.44 bits per heavy atom. The molecule has 1 saturated carbocycles. The highest BCUT2D eigenvalue weighted by Crippen LogP contribution is 2.29. The molecule has 1 aliphatic rings. The van der Waals surface area contributed by atoms with Gasteiger partial charge in [-0.05, 0) is 18.9 Å². The smallest absolute Gasteiger partial charge is 0.245 e. The highest BCUT2D eigenvalue weighted by Gasteiger charge is 2.34. The lowest BCUT2D eigenvalue weighted by atomic mass is 9.93. The summed E-state index contributed by atoms with van der Waals surface area (Å²) in [5, 5.41) is 0. The van der Waals surface area contributed by atoms with Crippen LogP contribution in [0.5, 0.6) is 0 Å². The molecule has 2 rings (SSSR count). The number of hydrogen-bond donors (Lipinski definition) is 0. The van der Waals surface area contributed by atoms with E-state index in [0.717, 1.165) is 37.7 Å². The van der Waals surface area contributed by atoms with Crippen molar-refractivity contribution in [1.29, 1.82) is 0 Å². The molecule has 0 saturated heterocycles. The summed E-state index contributed by atoms with van der Waals surface area (Å²) in [6, 6.07) is 0.972. The van der Waals surface area contributed by atoms with Crippen molar-refractivity contribution in [2.75, 3.05) is 12.4 Å². The monoisotopic (exact) mass is 292 g/mol. The number of hydrogen-bond acceptors (Lipinski definition) is 3. The lowest BCUT2D eigenvalue weighted by molar-refractivity contribution is 0.227. The zero-order valence-electron chi connectivity index (χ0n) is 9.72. The van der Waals surface area contributed by atoms with Gasteiger partial charge >= 0.3 is 0 Å². The Kier molecular flexibility index (Phi) is 4.19. The summed E-state index contributed by atoms with van der Waals surface area (Å²) < 4.78 is 39.2. The molecule has 0 bridgehead atoms. The maximum absolute atomic E-state index is 13.1. The van der Waals surface area contributed by atoms with Crippen molar-refractivity contribution in [2.45, 2.75) is 30.2 Å². The van der Waals surface area contributed by atoms with Crippen LogP contribution in [-0.2, 0) is 10.0 Å². The van der Waals surface area contributed by atoms with Crippen molar-refractivity contribution in [3.05, 3.63) is 24.3 Å². The van der Waals surface area contributed by atoms with Crippen LogP contribution in [0.3, 0.4) is 0 Å². The first kappa shape index (κ1) is 13.7. The predicted octanol–water partition coefficient (Wildman–Crippen LogP) is 2.00. The highest BCUT2D eigenvalue weighted by molar-refractivity contribution is 7.89. The summed E-state index contributed by atoms with van der Waals surface area (Å²) >= 11 is 5.65. The third-order valence-electron chi connectivity index (χ3n) is 3.07. The number of rotatable bonds is 5. The van der Waals surface area contributed by atoms with Gasteiger partial charge in [-0.15, -0.1) is 11.6 Å². The van der Waals surface area contributed by atoms with E-state index in [0.29, 0.717) is 0 Å². The second-order valence-electron chi connectivity index (χ2n) is 4.23. The first-order chi connectivity index (χ1) is 8.55. The topological polar surface area (TPSA) is 50.3 Å². The molecule has 0 N–H and O–H groups in total. The predicted molar refractivity (Wildman–Crippen MR) is 66.4 cm³/mol. The fraction of sp³-hybridized carbons (Fsp3) is 0.545. The van der Waals surface area contributed by atoms with E-state index in [1.807, 2.05) is 0 Å². The van der Waals surface area contributed by atoms with E-state index in [1.165, 1.54) is 4.31 Å². The highest BCUT2D eigenvalue weighted by atomic mass is 35.5. The summed E-state index contributed by atoms with van der Waals surface area (Å²) in [5.41, 5.74) is 0. The molecule has 1 fully saturated rings. The van der Waals surface area contributed by atoms with Gasteiger partial charge in [-0.1, -0.05) is 6.42 Å². The number of nitrogens with zero attached hydrogens (tertiary/aromatic N) is 2. The largest absolute Gasteiger partial charge is 0.260 e. The molecule has 1 aromatic rings. The van der Waals surface area contributed by atoms with Crippen molar-refractivity contribution >= 4 is 21.6 Å². The number of halogens is 2. The van der Waals surface area contributed by atoms with Crippen LogP contribution in [0.25, 0.3) is 0 Å². The maximum atomic E-state index is 13.1. The Labute approximate surface area is 111 Å². The average Bonchev–Trinajstić information content (AvgIpc) is 2.26. The zero-order valence-corrected chi connectivity index (χ0v) is 11.3. The second-order valence-corrected chi connectivity index (χ2v) is 6.50. The summed E-state index contributed by atoms with van der Waals surface area (Å²) in [6.07, 6.45) is 4.82. The van der Waals surface area contributed by atoms with Gasteiger partial charge in [-0.2, -0.15) is 4.31 Å². The lowest BCUT2D eigenvalue weighted by Crippen LogP contribution is -2.45. The van der Waals surface area contributed by atoms with Crippen LogP contribution < -0.4 is 0 Å². The average molecular weight is 293 g/mol. The Morgan fingerprint density at radius 2 is 2.17 bits per heavy atom. The molecule has 0 spiro atoms. The third-order valence-corrected chi connectivity index (χ3v) is 5.16. The molecular formula is C11H14ClFN2O2S. The number of aromatic nitrogens is 1. The molecule has 7 heteroatoms. The molecule has 0 atom stereocenters. The van der Waals surface area contributed by atoms with Crippen LogP contribution in [0.1, 0.15) is 19.3 Å². The fourth-order valence-corrected chi connectivity index (χ4v) is 3.87. The molecule has 0 unspecified atom stereocenters. The first-order valence-corrected chi connectivity index (χ1v) is 7.71. The standard InChI is InChI=1S/C11H14ClFN2O2S/c12-4-5-15(10-2-1-3-10)18(16,17)11-6-9(13)7-14-8-11/h6-8,10H,1-5H2. The first-order valence-electron chi connectivity index (χ1n) is 5.74. The Hall–Kier alpha value is -0.720. The number of alkyl halides is 1. The van der Waals surface area contributed by atoms with Gasteiger partial charge in [0.05, 0.1) is 6.20 Å². The van der Waals surface area contributed by atoms with Crippen molar-refractivity contribution in [3.8, 4) is 0 Å². The van der Waals surface area contributed by atoms with Gasteiger partial charge in [-0.25, -0.2) is 12.8 Å². The van der Waals surface area contributed by atoms with Gasteiger partial charge in [0, 0.05) is 24.7 Å². The van der Waals surface area contributed by atoms with Crippen molar-refractivity contribution in [2.24, 2.45) is 0 Å². The van der Waals surface area contributed by atoms with Gasteiger partial charge in [0.15, 0.2) is 0 Å². The maximum Gasteiger partial charge on any atom is 0.245 e. The molecule has 1 aromatic heterocycles. The van der Waals surface area contributed by atoms with E-state index in [2.05, 4.69) is 4.98 Å². The normalized spacial score (nSPS) is 16.8. The molecule has 18 heavy (non-hydrogen) atoms. The molecular weight excluding hydrogens is 279 g/mol. The summed E-state index contributed by atoms with van der Waals surface area (Å²) in [6.45, 7) is 0.241. The van der Waals surface area contributed by atoms with Crippen LogP contribution in [0.4, 0.5) is 4.39 Å².